The number of pyridine rings is 1. The topological polar surface area (TPSA) is 50.0 Å². The molecule has 3 aromatic heterocycles. The molecule has 0 atom stereocenters. The summed E-state index contributed by atoms with van der Waals surface area (Å²) in [5.74, 6) is 2.03. The van der Waals surface area contributed by atoms with Gasteiger partial charge in [0.2, 0.25) is 6.33 Å². The van der Waals surface area contributed by atoms with Crippen LogP contribution in [0.25, 0.3) is 38.9 Å². The molecule has 6 nitrogen and oxygen atoms in total. The molecule has 37 heavy (non-hydrogen) atoms. The van der Waals surface area contributed by atoms with Crippen LogP contribution in [0.2, 0.25) is 0 Å². The van der Waals surface area contributed by atoms with Crippen LogP contribution in [0.4, 0.5) is 0 Å². The van der Waals surface area contributed by atoms with Crippen molar-refractivity contribution in [3.63, 3.8) is 0 Å². The first-order valence-electron chi connectivity index (χ1n) is 11.6. The van der Waals surface area contributed by atoms with Crippen molar-refractivity contribution in [3.8, 4) is 28.6 Å². The molecule has 6 aromatic rings. The van der Waals surface area contributed by atoms with Gasteiger partial charge < -0.3 is 14.3 Å². The average molecular weight is 665 g/mol. The fourth-order valence-corrected chi connectivity index (χ4v) is 4.38. The standard InChI is InChI=1S/C30H23N5O.Pt/c1-33-17-16-31-27(20-34(2)21-33)22-8-7-9-23(18-22)36-24-13-14-26-25-10-3-4-11-28(25)35(29(26)19-24)30-12-5-6-15-32-30;/h3-17,20-21H,1-2H3;/q-2;. The second kappa shape index (κ2) is 10.5. The smallest absolute Gasteiger partial charge is 0.242 e. The van der Waals surface area contributed by atoms with Crippen LogP contribution in [0.15, 0.2) is 104 Å². The molecule has 3 heterocycles. The van der Waals surface area contributed by atoms with Crippen molar-refractivity contribution in [3.05, 3.63) is 116 Å². The van der Waals surface area contributed by atoms with Crippen LogP contribution in [0.5, 0.6) is 11.5 Å². The van der Waals surface area contributed by atoms with Gasteiger partial charge >= 0.3 is 0 Å². The molecule has 0 unspecified atom stereocenters. The van der Waals surface area contributed by atoms with Gasteiger partial charge in [0.25, 0.3) is 0 Å². The number of hydrogen-bond donors (Lipinski definition) is 0. The summed E-state index contributed by atoms with van der Waals surface area (Å²) in [6.45, 7) is 0. The van der Waals surface area contributed by atoms with Crippen molar-refractivity contribution < 1.29 is 30.4 Å². The second-order valence-electron chi connectivity index (χ2n) is 8.54. The van der Waals surface area contributed by atoms with Crippen LogP contribution >= 0.6 is 0 Å². The Morgan fingerprint density at radius 2 is 1.73 bits per heavy atom. The van der Waals surface area contributed by atoms with Crippen LogP contribution in [0.1, 0.15) is 0 Å². The molecule has 0 bridgehead atoms. The van der Waals surface area contributed by atoms with Gasteiger partial charge in [0.15, 0.2) is 0 Å². The van der Waals surface area contributed by atoms with Gasteiger partial charge in [-0.15, -0.1) is 41.9 Å². The third-order valence-electron chi connectivity index (χ3n) is 5.91. The van der Waals surface area contributed by atoms with E-state index in [4.69, 9.17) is 4.74 Å². The number of para-hydroxylation sites is 1. The van der Waals surface area contributed by atoms with Crippen molar-refractivity contribution in [2.24, 2.45) is 14.1 Å². The Morgan fingerprint density at radius 1 is 0.892 bits per heavy atom. The first-order chi connectivity index (χ1) is 17.7. The van der Waals surface area contributed by atoms with Gasteiger partial charge in [0, 0.05) is 50.5 Å². The summed E-state index contributed by atoms with van der Waals surface area (Å²) in [6.07, 6.45) is 9.40. The SMILES string of the molecule is Cn1cc[n-]c(-c2[c-]c(Oc3[c-]c4c(cc3)c3ccccc3n4-c3ccccn3)ccc2)c[n+](C)c1.[Pt]. The van der Waals surface area contributed by atoms with E-state index >= 15 is 0 Å². The van der Waals surface area contributed by atoms with E-state index in [2.05, 4.69) is 44.9 Å². The Morgan fingerprint density at radius 3 is 2.59 bits per heavy atom. The number of hydrogen-bond acceptors (Lipinski definition) is 2. The van der Waals surface area contributed by atoms with Gasteiger partial charge in [0.1, 0.15) is 5.82 Å². The zero-order valence-electron chi connectivity index (χ0n) is 20.3. The monoisotopic (exact) mass is 664 g/mol. The molecule has 0 aliphatic rings. The van der Waals surface area contributed by atoms with Crippen molar-refractivity contribution in [1.82, 2.24) is 19.1 Å². The van der Waals surface area contributed by atoms with Crippen molar-refractivity contribution in [2.75, 3.05) is 0 Å². The second-order valence-corrected chi connectivity index (χ2v) is 8.54. The predicted octanol–water partition coefficient (Wildman–Crippen LogP) is 5.48. The van der Waals surface area contributed by atoms with E-state index in [-0.39, 0.29) is 21.1 Å². The first-order valence-corrected chi connectivity index (χ1v) is 11.6. The minimum Gasteiger partial charge on any atom is -0.702 e. The van der Waals surface area contributed by atoms with Gasteiger partial charge in [-0.05, 0) is 23.6 Å². The van der Waals surface area contributed by atoms with E-state index in [0.717, 1.165) is 38.9 Å². The molecule has 0 N–H and O–H groups in total. The molecule has 0 amide bonds. The van der Waals surface area contributed by atoms with Crippen molar-refractivity contribution in [1.29, 1.82) is 0 Å². The van der Waals surface area contributed by atoms with Gasteiger partial charge in [-0.3, -0.25) is 4.57 Å². The van der Waals surface area contributed by atoms with E-state index in [0.29, 0.717) is 11.5 Å². The van der Waals surface area contributed by atoms with Crippen LogP contribution in [-0.2, 0) is 35.2 Å². The zero-order chi connectivity index (χ0) is 24.5. The Balaban J connectivity index is 0.00000280. The molecular weight excluding hydrogens is 641 g/mol. The number of rotatable bonds is 4. The maximum Gasteiger partial charge on any atom is 0.242 e. The summed E-state index contributed by atoms with van der Waals surface area (Å²) >= 11 is 0. The molecule has 0 aliphatic heterocycles. The summed E-state index contributed by atoms with van der Waals surface area (Å²) in [5.41, 5.74) is 3.61. The number of aromatic nitrogens is 5. The molecule has 186 valence electrons. The summed E-state index contributed by atoms with van der Waals surface area (Å²) in [6, 6.07) is 30.9. The molecule has 6 rings (SSSR count). The van der Waals surface area contributed by atoms with E-state index < -0.39 is 0 Å². The molecule has 0 radical (unpaired) electrons. The van der Waals surface area contributed by atoms with E-state index in [1.807, 2.05) is 96.5 Å². The molecule has 3 aromatic carbocycles. The average Bonchev–Trinajstić information content (AvgIpc) is 3.21. The van der Waals surface area contributed by atoms with Gasteiger partial charge in [0.05, 0.1) is 20.3 Å². The quantitative estimate of drug-likeness (QED) is 0.185. The minimum atomic E-state index is 0. The van der Waals surface area contributed by atoms with E-state index in [9.17, 15) is 0 Å². The first kappa shape index (κ1) is 24.5. The number of nitrogens with zero attached hydrogens (tertiary/aromatic N) is 5. The number of aryl methyl sites for hydroxylation is 2. The molecule has 0 spiro atoms. The van der Waals surface area contributed by atoms with Crippen molar-refractivity contribution in [2.45, 2.75) is 0 Å². The largest absolute Gasteiger partial charge is 0.702 e. The molecular formula is C30H23N5OPt-2. The Labute approximate surface area is 229 Å². The van der Waals surface area contributed by atoms with Crippen LogP contribution in [-0.4, -0.2) is 14.1 Å². The predicted molar refractivity (Wildman–Crippen MR) is 139 cm³/mol. The molecule has 0 saturated carbocycles. The molecule has 7 heteroatoms. The molecule has 0 fully saturated rings. The Hall–Kier alpha value is -4.15. The van der Waals surface area contributed by atoms with Crippen LogP contribution in [0.3, 0.4) is 0 Å². The van der Waals surface area contributed by atoms with E-state index in [1.165, 1.54) is 0 Å². The molecule has 0 aliphatic carbocycles. The third kappa shape index (κ3) is 4.93. The van der Waals surface area contributed by atoms with Gasteiger partial charge in [-0.2, -0.15) is 17.3 Å². The Kier molecular flexibility index (Phi) is 6.93. The van der Waals surface area contributed by atoms with E-state index in [1.54, 1.807) is 12.4 Å². The summed E-state index contributed by atoms with van der Waals surface area (Å²) < 4.78 is 12.3. The number of benzene rings is 3. The number of ether oxygens (including phenoxy) is 1. The van der Waals surface area contributed by atoms with Gasteiger partial charge in [-0.1, -0.05) is 35.8 Å². The third-order valence-corrected chi connectivity index (χ3v) is 5.91. The van der Waals surface area contributed by atoms with Crippen LogP contribution < -0.4 is 14.3 Å². The zero-order valence-corrected chi connectivity index (χ0v) is 22.5. The fourth-order valence-electron chi connectivity index (χ4n) is 4.38. The summed E-state index contributed by atoms with van der Waals surface area (Å²) in [7, 11) is 3.93. The van der Waals surface area contributed by atoms with Crippen molar-refractivity contribution >= 4 is 21.8 Å². The number of fused-ring (bicyclic) bond motifs is 3. The maximum absolute atomic E-state index is 6.24. The Bertz CT molecular complexity index is 1750. The summed E-state index contributed by atoms with van der Waals surface area (Å²) in [4.78, 5) is 9.17. The normalized spacial score (nSPS) is 10.8. The van der Waals surface area contributed by atoms with Crippen LogP contribution in [0, 0.1) is 12.1 Å². The molecule has 0 saturated heterocycles. The minimum absolute atomic E-state index is 0. The fraction of sp³-hybridized carbons (Fsp3) is 0.0667. The van der Waals surface area contributed by atoms with Gasteiger partial charge in [-0.25, -0.2) is 9.55 Å². The summed E-state index contributed by atoms with van der Waals surface area (Å²) in [5, 5.41) is 2.24. The maximum atomic E-state index is 6.24.